The Kier molecular flexibility index (Phi) is 6.22. The molecule has 0 unspecified atom stereocenters. The van der Waals surface area contributed by atoms with Crippen molar-refractivity contribution in [2.24, 2.45) is 5.10 Å². The van der Waals surface area contributed by atoms with Crippen LogP contribution < -0.4 is 10.2 Å². The lowest BCUT2D eigenvalue weighted by atomic mass is 10.2. The van der Waals surface area contributed by atoms with Gasteiger partial charge in [0.1, 0.15) is 5.75 Å². The van der Waals surface area contributed by atoms with Gasteiger partial charge in [-0.25, -0.2) is 4.98 Å². The topological polar surface area (TPSA) is 46.5 Å². The summed E-state index contributed by atoms with van der Waals surface area (Å²) in [6.45, 7) is 4.94. The van der Waals surface area contributed by atoms with Crippen molar-refractivity contribution >= 4 is 22.7 Å². The molecule has 2 aromatic rings. The summed E-state index contributed by atoms with van der Waals surface area (Å²) in [4.78, 5) is 4.28. The highest BCUT2D eigenvalue weighted by atomic mass is 32.1. The molecule has 1 aromatic carbocycles. The maximum atomic E-state index is 5.67. The van der Waals surface area contributed by atoms with Gasteiger partial charge in [-0.15, -0.1) is 11.3 Å². The zero-order chi connectivity index (χ0) is 14.9. The van der Waals surface area contributed by atoms with Crippen LogP contribution in [0, 0.1) is 6.92 Å². The molecule has 0 radical (unpaired) electrons. The number of unbranched alkanes of at least 4 members (excludes halogenated alkanes) is 2. The number of nitrogens with one attached hydrogen (secondary N) is 1. The molecule has 0 saturated heterocycles. The Labute approximate surface area is 129 Å². The zero-order valence-corrected chi connectivity index (χ0v) is 13.3. The minimum absolute atomic E-state index is 0.784. The first-order valence-electron chi connectivity index (χ1n) is 7.22. The Hall–Kier alpha value is -1.88. The lowest BCUT2D eigenvalue weighted by molar-refractivity contribution is 0.306. The maximum absolute atomic E-state index is 5.67. The summed E-state index contributed by atoms with van der Waals surface area (Å²) < 4.78 is 5.67. The van der Waals surface area contributed by atoms with Gasteiger partial charge < -0.3 is 4.74 Å². The molecule has 1 heterocycles. The van der Waals surface area contributed by atoms with Crippen LogP contribution >= 0.6 is 11.3 Å². The number of hydrazone groups is 1. The number of nitrogens with zero attached hydrogens (tertiary/aromatic N) is 2. The normalized spacial score (nSPS) is 11.0. The Bertz CT molecular complexity index is 563. The van der Waals surface area contributed by atoms with E-state index >= 15 is 0 Å². The van der Waals surface area contributed by atoms with Crippen LogP contribution in [0.15, 0.2) is 34.7 Å². The summed E-state index contributed by atoms with van der Waals surface area (Å²) >= 11 is 1.54. The molecule has 0 aliphatic heterocycles. The third-order valence-electron chi connectivity index (χ3n) is 2.89. The van der Waals surface area contributed by atoms with E-state index < -0.39 is 0 Å². The molecule has 0 spiro atoms. The van der Waals surface area contributed by atoms with Crippen molar-refractivity contribution in [1.82, 2.24) is 4.98 Å². The molecule has 0 aliphatic carbocycles. The Morgan fingerprint density at radius 3 is 2.76 bits per heavy atom. The van der Waals surface area contributed by atoms with E-state index in [1.165, 1.54) is 12.8 Å². The number of hydrogen-bond donors (Lipinski definition) is 1. The smallest absolute Gasteiger partial charge is 0.203 e. The van der Waals surface area contributed by atoms with Gasteiger partial charge in [0.2, 0.25) is 5.13 Å². The van der Waals surface area contributed by atoms with Crippen molar-refractivity contribution in [3.05, 3.63) is 40.9 Å². The van der Waals surface area contributed by atoms with Gasteiger partial charge in [-0.2, -0.15) is 5.10 Å². The third-order valence-corrected chi connectivity index (χ3v) is 3.75. The predicted molar refractivity (Wildman–Crippen MR) is 89.5 cm³/mol. The molecule has 1 N–H and O–H groups in total. The SMILES string of the molecule is CCCCCOc1ccc(/C=N/Nc2nc(C)cs2)cc1. The van der Waals surface area contributed by atoms with Crippen LogP contribution in [-0.4, -0.2) is 17.8 Å². The molecule has 2 rings (SSSR count). The van der Waals surface area contributed by atoms with Gasteiger partial charge in [0, 0.05) is 5.38 Å². The minimum atomic E-state index is 0.784. The van der Waals surface area contributed by atoms with Crippen molar-refractivity contribution < 1.29 is 4.74 Å². The summed E-state index contributed by atoms with van der Waals surface area (Å²) in [7, 11) is 0. The van der Waals surface area contributed by atoms with Gasteiger partial charge in [0.05, 0.1) is 18.5 Å². The van der Waals surface area contributed by atoms with Crippen molar-refractivity contribution in [2.45, 2.75) is 33.1 Å². The van der Waals surface area contributed by atoms with Crippen molar-refractivity contribution in [3.8, 4) is 5.75 Å². The van der Waals surface area contributed by atoms with Crippen molar-refractivity contribution in [3.63, 3.8) is 0 Å². The van der Waals surface area contributed by atoms with E-state index in [1.54, 1.807) is 17.6 Å². The third kappa shape index (κ3) is 5.55. The second-order valence-electron chi connectivity index (χ2n) is 4.79. The first-order valence-corrected chi connectivity index (χ1v) is 8.10. The molecular formula is C16H21N3OS. The van der Waals surface area contributed by atoms with Gasteiger partial charge in [-0.1, -0.05) is 19.8 Å². The number of aryl methyl sites for hydroxylation is 1. The van der Waals surface area contributed by atoms with Crippen LogP contribution in [0.3, 0.4) is 0 Å². The fourth-order valence-electron chi connectivity index (χ4n) is 1.76. The molecule has 1 aromatic heterocycles. The highest BCUT2D eigenvalue weighted by molar-refractivity contribution is 7.13. The zero-order valence-electron chi connectivity index (χ0n) is 12.5. The van der Waals surface area contributed by atoms with Crippen LogP contribution in [0.4, 0.5) is 5.13 Å². The number of anilines is 1. The van der Waals surface area contributed by atoms with Crippen LogP contribution in [-0.2, 0) is 0 Å². The van der Waals surface area contributed by atoms with E-state index in [0.717, 1.165) is 35.2 Å². The first kappa shape index (κ1) is 15.5. The van der Waals surface area contributed by atoms with Gasteiger partial charge in [0.25, 0.3) is 0 Å². The van der Waals surface area contributed by atoms with E-state index in [4.69, 9.17) is 4.74 Å². The first-order chi connectivity index (χ1) is 10.3. The fourth-order valence-corrected chi connectivity index (χ4v) is 2.40. The quantitative estimate of drug-likeness (QED) is 0.445. The number of benzene rings is 1. The van der Waals surface area contributed by atoms with E-state index in [1.807, 2.05) is 36.6 Å². The summed E-state index contributed by atoms with van der Waals surface area (Å²) in [5.74, 6) is 0.909. The maximum Gasteiger partial charge on any atom is 0.203 e. The van der Waals surface area contributed by atoms with Crippen LogP contribution in [0.2, 0.25) is 0 Å². The van der Waals surface area contributed by atoms with E-state index in [-0.39, 0.29) is 0 Å². The summed E-state index contributed by atoms with van der Waals surface area (Å²) in [6.07, 6.45) is 5.31. The lowest BCUT2D eigenvalue weighted by Gasteiger charge is -2.05. The Morgan fingerprint density at radius 1 is 1.29 bits per heavy atom. The van der Waals surface area contributed by atoms with Gasteiger partial charge in [0.15, 0.2) is 0 Å². The molecule has 5 heteroatoms. The highest BCUT2D eigenvalue weighted by Crippen LogP contribution is 2.14. The van der Waals surface area contributed by atoms with Gasteiger partial charge in [-0.05, 0) is 43.2 Å². The highest BCUT2D eigenvalue weighted by Gasteiger charge is 1.96. The van der Waals surface area contributed by atoms with E-state index in [9.17, 15) is 0 Å². The number of rotatable bonds is 8. The molecular weight excluding hydrogens is 282 g/mol. The monoisotopic (exact) mass is 303 g/mol. The molecule has 0 bridgehead atoms. The average Bonchev–Trinajstić information content (AvgIpc) is 2.91. The summed E-state index contributed by atoms with van der Waals surface area (Å²) in [6, 6.07) is 7.93. The van der Waals surface area contributed by atoms with Crippen LogP contribution in [0.1, 0.15) is 37.4 Å². The van der Waals surface area contributed by atoms with Crippen molar-refractivity contribution in [1.29, 1.82) is 0 Å². The molecule has 4 nitrogen and oxygen atoms in total. The number of aromatic nitrogens is 1. The van der Waals surface area contributed by atoms with E-state index in [2.05, 4.69) is 22.4 Å². The van der Waals surface area contributed by atoms with Crippen LogP contribution in [0.5, 0.6) is 5.75 Å². The van der Waals surface area contributed by atoms with Crippen molar-refractivity contribution in [2.75, 3.05) is 12.0 Å². The average molecular weight is 303 g/mol. The molecule has 112 valence electrons. The minimum Gasteiger partial charge on any atom is -0.494 e. The molecule has 0 amide bonds. The summed E-state index contributed by atoms with van der Waals surface area (Å²) in [5.41, 5.74) is 4.95. The molecule has 0 fully saturated rings. The Morgan fingerprint density at radius 2 is 2.10 bits per heavy atom. The van der Waals surface area contributed by atoms with Gasteiger partial charge >= 0.3 is 0 Å². The fraction of sp³-hybridized carbons (Fsp3) is 0.375. The molecule has 21 heavy (non-hydrogen) atoms. The predicted octanol–water partition coefficient (Wildman–Crippen LogP) is 4.47. The number of thiazole rings is 1. The standard InChI is InChI=1S/C16H21N3OS/c1-3-4-5-10-20-15-8-6-14(7-9-15)11-17-19-16-18-13(2)12-21-16/h6-9,11-12H,3-5,10H2,1-2H3,(H,18,19)/b17-11+. The second kappa shape index (κ2) is 8.42. The Balaban J connectivity index is 1.78. The van der Waals surface area contributed by atoms with Gasteiger partial charge in [-0.3, -0.25) is 5.43 Å². The van der Waals surface area contributed by atoms with Crippen LogP contribution in [0.25, 0.3) is 0 Å². The molecule has 0 atom stereocenters. The molecule has 0 saturated carbocycles. The molecule has 0 aliphatic rings. The largest absolute Gasteiger partial charge is 0.494 e. The number of ether oxygens (including phenoxy) is 1. The summed E-state index contributed by atoms with van der Waals surface area (Å²) in [5, 5.41) is 6.97. The lowest BCUT2D eigenvalue weighted by Crippen LogP contribution is -1.97. The van der Waals surface area contributed by atoms with E-state index in [0.29, 0.717) is 0 Å². The number of hydrogen-bond acceptors (Lipinski definition) is 5. The second-order valence-corrected chi connectivity index (χ2v) is 5.65.